The second-order valence-corrected chi connectivity index (χ2v) is 6.89. The molecule has 2 aliphatic rings. The predicted octanol–water partition coefficient (Wildman–Crippen LogP) is 3.36. The van der Waals surface area contributed by atoms with Crippen LogP contribution in [-0.4, -0.2) is 34.0 Å². The average molecular weight is 340 g/mol. The first-order valence-corrected chi connectivity index (χ1v) is 8.81. The molecule has 0 N–H and O–H groups in total. The van der Waals surface area contributed by atoms with E-state index in [1.807, 2.05) is 17.0 Å². The zero-order valence-corrected chi connectivity index (χ0v) is 14.0. The molecule has 2 saturated heterocycles. The van der Waals surface area contributed by atoms with Gasteiger partial charge in [-0.2, -0.15) is 0 Å². The van der Waals surface area contributed by atoms with E-state index in [0.29, 0.717) is 6.42 Å². The van der Waals surface area contributed by atoms with E-state index in [0.717, 1.165) is 37.0 Å². The van der Waals surface area contributed by atoms with Crippen LogP contribution in [0.4, 0.5) is 4.39 Å². The van der Waals surface area contributed by atoms with Gasteiger partial charge in [0.15, 0.2) is 0 Å². The minimum absolute atomic E-state index is 0.136. The fraction of sp³-hybridized carbons (Fsp3) is 0.400. The molecule has 2 bridgehead atoms. The highest BCUT2D eigenvalue weighted by Crippen LogP contribution is 2.37. The van der Waals surface area contributed by atoms with Gasteiger partial charge < -0.3 is 9.64 Å². The maximum atomic E-state index is 13.0. The van der Waals surface area contributed by atoms with Crippen molar-refractivity contribution >= 4 is 5.91 Å². The summed E-state index contributed by atoms with van der Waals surface area (Å²) in [5, 5.41) is 0. The first-order chi connectivity index (χ1) is 12.2. The Hall–Kier alpha value is -2.43. The minimum atomic E-state index is -0.273. The molecule has 2 fully saturated rings. The van der Waals surface area contributed by atoms with Crippen LogP contribution in [0.1, 0.15) is 31.2 Å². The van der Waals surface area contributed by atoms with Gasteiger partial charge >= 0.3 is 0 Å². The largest absolute Gasteiger partial charge is 0.489 e. The molecule has 1 aromatic heterocycles. The van der Waals surface area contributed by atoms with E-state index < -0.39 is 0 Å². The average Bonchev–Trinajstić information content (AvgIpc) is 2.89. The van der Waals surface area contributed by atoms with Crippen molar-refractivity contribution in [1.29, 1.82) is 0 Å². The molecule has 2 aliphatic heterocycles. The number of benzene rings is 1. The van der Waals surface area contributed by atoms with E-state index in [9.17, 15) is 9.18 Å². The van der Waals surface area contributed by atoms with E-state index in [-0.39, 0.29) is 29.9 Å². The van der Waals surface area contributed by atoms with Crippen molar-refractivity contribution in [3.63, 3.8) is 0 Å². The van der Waals surface area contributed by atoms with Crippen molar-refractivity contribution in [3.8, 4) is 5.75 Å². The number of halogens is 1. The summed E-state index contributed by atoms with van der Waals surface area (Å²) in [4.78, 5) is 18.9. The van der Waals surface area contributed by atoms with Crippen molar-refractivity contribution < 1.29 is 13.9 Å². The number of hydrogen-bond donors (Lipinski definition) is 0. The lowest BCUT2D eigenvalue weighted by atomic mass is 9.98. The van der Waals surface area contributed by atoms with Crippen molar-refractivity contribution in [2.45, 2.75) is 50.3 Å². The summed E-state index contributed by atoms with van der Waals surface area (Å²) in [5.74, 6) is 0.654. The van der Waals surface area contributed by atoms with Gasteiger partial charge in [0, 0.05) is 31.1 Å². The van der Waals surface area contributed by atoms with Gasteiger partial charge in [-0.15, -0.1) is 0 Å². The van der Waals surface area contributed by atoms with Crippen LogP contribution in [0.15, 0.2) is 48.8 Å². The Bertz CT molecular complexity index is 721. The van der Waals surface area contributed by atoms with Crippen molar-refractivity contribution in [2.24, 2.45) is 0 Å². The number of amides is 1. The molecule has 4 nitrogen and oxygen atoms in total. The molecule has 0 radical (unpaired) electrons. The predicted molar refractivity (Wildman–Crippen MR) is 91.6 cm³/mol. The van der Waals surface area contributed by atoms with E-state index in [1.54, 1.807) is 24.5 Å². The van der Waals surface area contributed by atoms with Crippen LogP contribution in [0.5, 0.6) is 5.75 Å². The number of fused-ring (bicyclic) bond motifs is 2. The molecular weight excluding hydrogens is 319 g/mol. The lowest BCUT2D eigenvalue weighted by Crippen LogP contribution is -2.49. The summed E-state index contributed by atoms with van der Waals surface area (Å²) in [6.07, 6.45) is 7.72. The fourth-order valence-corrected chi connectivity index (χ4v) is 4.11. The Kier molecular flexibility index (Phi) is 4.38. The lowest BCUT2D eigenvalue weighted by molar-refractivity contribution is -0.136. The standard InChI is InChI=1S/C20H21FN2O2/c21-15-5-3-14(4-6-15)10-20(24)23-16-7-8-17(23)12-19(11-16)25-18-2-1-9-22-13-18/h1-6,9,13,16-17,19H,7-8,10-12H2. The Morgan fingerprint density at radius 1 is 1.16 bits per heavy atom. The molecular formula is C20H21FN2O2. The van der Waals surface area contributed by atoms with E-state index in [4.69, 9.17) is 4.74 Å². The third-order valence-electron chi connectivity index (χ3n) is 5.18. The first-order valence-electron chi connectivity index (χ1n) is 8.81. The van der Waals surface area contributed by atoms with Gasteiger partial charge in [-0.3, -0.25) is 9.78 Å². The highest BCUT2D eigenvalue weighted by molar-refractivity contribution is 5.80. The molecule has 1 amide bonds. The molecule has 4 rings (SSSR count). The molecule has 0 aliphatic carbocycles. The first kappa shape index (κ1) is 16.1. The molecule has 130 valence electrons. The zero-order valence-electron chi connectivity index (χ0n) is 14.0. The van der Waals surface area contributed by atoms with Crippen LogP contribution in [0.25, 0.3) is 0 Å². The van der Waals surface area contributed by atoms with Gasteiger partial charge in [-0.05, 0) is 42.7 Å². The van der Waals surface area contributed by atoms with Crippen molar-refractivity contribution in [1.82, 2.24) is 9.88 Å². The number of aromatic nitrogens is 1. The summed E-state index contributed by atoms with van der Waals surface area (Å²) in [6, 6.07) is 10.5. The number of rotatable bonds is 4. The number of carbonyl (C=O) groups excluding carboxylic acids is 1. The number of carbonyl (C=O) groups is 1. The summed E-state index contributed by atoms with van der Waals surface area (Å²) in [7, 11) is 0. The molecule has 3 heterocycles. The zero-order chi connectivity index (χ0) is 17.2. The Morgan fingerprint density at radius 3 is 2.52 bits per heavy atom. The van der Waals surface area contributed by atoms with Crippen LogP contribution in [0.2, 0.25) is 0 Å². The Labute approximate surface area is 146 Å². The van der Waals surface area contributed by atoms with Gasteiger partial charge in [-0.25, -0.2) is 4.39 Å². The van der Waals surface area contributed by atoms with E-state index in [2.05, 4.69) is 4.98 Å². The second kappa shape index (κ2) is 6.82. The Balaban J connectivity index is 1.40. The molecule has 0 spiro atoms. The third kappa shape index (κ3) is 3.50. The van der Waals surface area contributed by atoms with Gasteiger partial charge in [0.05, 0.1) is 12.6 Å². The summed E-state index contributed by atoms with van der Waals surface area (Å²) in [5.41, 5.74) is 0.861. The van der Waals surface area contributed by atoms with E-state index in [1.165, 1.54) is 12.1 Å². The summed E-state index contributed by atoms with van der Waals surface area (Å²) < 4.78 is 19.1. The van der Waals surface area contributed by atoms with Crippen molar-refractivity contribution in [2.75, 3.05) is 0 Å². The molecule has 25 heavy (non-hydrogen) atoms. The summed E-state index contributed by atoms with van der Waals surface area (Å²) in [6.45, 7) is 0. The van der Waals surface area contributed by atoms with Gasteiger partial charge in [-0.1, -0.05) is 12.1 Å². The molecule has 1 aromatic carbocycles. The maximum absolute atomic E-state index is 13.0. The quantitative estimate of drug-likeness (QED) is 0.857. The highest BCUT2D eigenvalue weighted by atomic mass is 19.1. The number of nitrogens with zero attached hydrogens (tertiary/aromatic N) is 2. The van der Waals surface area contributed by atoms with Crippen LogP contribution in [0, 0.1) is 5.82 Å². The topological polar surface area (TPSA) is 42.4 Å². The fourth-order valence-electron chi connectivity index (χ4n) is 4.11. The third-order valence-corrected chi connectivity index (χ3v) is 5.18. The number of pyridine rings is 1. The highest BCUT2D eigenvalue weighted by Gasteiger charge is 2.43. The molecule has 2 unspecified atom stereocenters. The van der Waals surface area contributed by atoms with Crippen LogP contribution >= 0.6 is 0 Å². The number of hydrogen-bond acceptors (Lipinski definition) is 3. The monoisotopic (exact) mass is 340 g/mol. The van der Waals surface area contributed by atoms with E-state index >= 15 is 0 Å². The van der Waals surface area contributed by atoms with Crippen LogP contribution in [0.3, 0.4) is 0 Å². The molecule has 0 saturated carbocycles. The Morgan fingerprint density at radius 2 is 1.88 bits per heavy atom. The molecule has 2 atom stereocenters. The smallest absolute Gasteiger partial charge is 0.227 e. The van der Waals surface area contributed by atoms with Gasteiger partial charge in [0.25, 0.3) is 0 Å². The normalized spacial score (nSPS) is 25.0. The van der Waals surface area contributed by atoms with Crippen LogP contribution in [-0.2, 0) is 11.2 Å². The lowest BCUT2D eigenvalue weighted by Gasteiger charge is -2.39. The molecule has 5 heteroatoms. The number of ether oxygens (including phenoxy) is 1. The van der Waals surface area contributed by atoms with Crippen LogP contribution < -0.4 is 4.74 Å². The van der Waals surface area contributed by atoms with Gasteiger partial charge in [0.2, 0.25) is 5.91 Å². The minimum Gasteiger partial charge on any atom is -0.489 e. The number of piperidine rings is 1. The maximum Gasteiger partial charge on any atom is 0.227 e. The SMILES string of the molecule is O=C(Cc1ccc(F)cc1)N1C2CCC1CC(Oc1cccnc1)C2. The van der Waals surface area contributed by atoms with Crippen molar-refractivity contribution in [3.05, 3.63) is 60.2 Å². The summed E-state index contributed by atoms with van der Waals surface area (Å²) >= 11 is 0. The second-order valence-electron chi connectivity index (χ2n) is 6.89. The van der Waals surface area contributed by atoms with Gasteiger partial charge in [0.1, 0.15) is 17.7 Å². The molecule has 2 aromatic rings.